The number of rotatable bonds is 0. The van der Waals surface area contributed by atoms with Crippen molar-refractivity contribution in [1.82, 2.24) is 9.71 Å². The zero-order valence-corrected chi connectivity index (χ0v) is 8.68. The Bertz CT molecular complexity index is 892. The van der Waals surface area contributed by atoms with E-state index in [-0.39, 0.29) is 10.7 Å². The van der Waals surface area contributed by atoms with E-state index in [4.69, 9.17) is 0 Å². The van der Waals surface area contributed by atoms with E-state index in [1.54, 1.807) is 24.3 Å². The lowest BCUT2D eigenvalue weighted by Gasteiger charge is -2.05. The second-order valence-electron chi connectivity index (χ2n) is 3.74. The maximum atomic E-state index is 11.7. The van der Waals surface area contributed by atoms with Crippen molar-refractivity contribution < 1.29 is 5.21 Å². The molecule has 0 fully saturated rings. The third-order valence-electron chi connectivity index (χ3n) is 2.72. The molecule has 2 aliphatic rings. The Morgan fingerprint density at radius 3 is 2.65 bits per heavy atom. The van der Waals surface area contributed by atoms with Crippen LogP contribution >= 0.6 is 0 Å². The molecule has 3 rings (SSSR count). The lowest BCUT2D eigenvalue weighted by Crippen LogP contribution is -2.26. The van der Waals surface area contributed by atoms with Crippen molar-refractivity contribution in [3.05, 3.63) is 67.5 Å². The number of benzene rings is 1. The summed E-state index contributed by atoms with van der Waals surface area (Å²) >= 11 is 0. The molecule has 1 aliphatic carbocycles. The predicted molar refractivity (Wildman–Crippen MR) is 61.3 cm³/mol. The quantitative estimate of drug-likeness (QED) is 0.438. The molecule has 17 heavy (non-hydrogen) atoms. The Balaban J connectivity index is 2.77. The number of fused-ring (bicyclic) bond motifs is 1. The molecule has 5 heteroatoms. The molecule has 0 bridgehead atoms. The van der Waals surface area contributed by atoms with Crippen LogP contribution in [0.25, 0.3) is 11.0 Å². The van der Waals surface area contributed by atoms with Gasteiger partial charge in [0.2, 0.25) is 5.43 Å². The van der Waals surface area contributed by atoms with Gasteiger partial charge in [-0.15, -0.1) is 0 Å². The fourth-order valence-electron chi connectivity index (χ4n) is 1.88. The predicted octanol–water partition coefficient (Wildman–Crippen LogP) is 0.652. The number of aromatic nitrogens is 2. The lowest BCUT2D eigenvalue weighted by molar-refractivity contribution is 0.190. The van der Waals surface area contributed by atoms with Crippen molar-refractivity contribution >= 4 is 11.0 Å². The van der Waals surface area contributed by atoms with Gasteiger partial charge in [-0.25, -0.2) is 0 Å². The smallest absolute Gasteiger partial charge is 0.251 e. The van der Waals surface area contributed by atoms with Gasteiger partial charge in [-0.2, -0.15) is 4.73 Å². The summed E-state index contributed by atoms with van der Waals surface area (Å²) in [6, 6.07) is 9.55. The van der Waals surface area contributed by atoms with Gasteiger partial charge in [0, 0.05) is 0 Å². The summed E-state index contributed by atoms with van der Waals surface area (Å²) in [5.74, 6) is 0. The molecule has 1 aromatic carbocycles. The summed E-state index contributed by atoms with van der Waals surface area (Å²) in [5.41, 5.74) is -0.108. The van der Waals surface area contributed by atoms with E-state index in [2.05, 4.69) is 4.98 Å². The first-order valence-electron chi connectivity index (χ1n) is 5.04. The highest BCUT2D eigenvalue weighted by Crippen LogP contribution is 2.09. The van der Waals surface area contributed by atoms with Gasteiger partial charge in [0.15, 0.2) is 0 Å². The van der Waals surface area contributed by atoms with Crippen molar-refractivity contribution in [3.63, 3.8) is 0 Å². The van der Waals surface area contributed by atoms with E-state index in [9.17, 15) is 14.8 Å². The molecule has 1 aliphatic heterocycles. The van der Waals surface area contributed by atoms with E-state index >= 15 is 0 Å². The first-order chi connectivity index (χ1) is 8.18. The summed E-state index contributed by atoms with van der Waals surface area (Å²) in [7, 11) is 0. The Hall–Kier alpha value is -2.56. The summed E-state index contributed by atoms with van der Waals surface area (Å²) in [5, 5.41) is 10.4. The number of nitrogens with zero attached hydrogens (tertiary/aromatic N) is 1. The van der Waals surface area contributed by atoms with E-state index in [1.165, 1.54) is 6.07 Å². The topological polar surface area (TPSA) is 75.1 Å². The summed E-state index contributed by atoms with van der Waals surface area (Å²) < 4.78 is 0.905. The molecule has 1 aromatic rings. The van der Waals surface area contributed by atoms with E-state index in [0.29, 0.717) is 11.0 Å². The second kappa shape index (κ2) is 3.21. The van der Waals surface area contributed by atoms with Gasteiger partial charge < -0.3 is 10.2 Å². The van der Waals surface area contributed by atoms with E-state index in [0.717, 1.165) is 10.8 Å². The highest BCUT2D eigenvalue weighted by Gasteiger charge is 2.05. The van der Waals surface area contributed by atoms with Crippen molar-refractivity contribution in [2.24, 2.45) is 0 Å². The normalized spacial score (nSPS) is 11.1. The number of para-hydroxylation sites is 2. The minimum absolute atomic E-state index is 0.110. The summed E-state index contributed by atoms with van der Waals surface area (Å²) in [6.45, 7) is 0. The van der Waals surface area contributed by atoms with Crippen LogP contribution in [0.1, 0.15) is 0 Å². The van der Waals surface area contributed by atoms with Crippen molar-refractivity contribution in [1.29, 1.82) is 0 Å². The minimum Gasteiger partial charge on any atom is -0.428 e. The van der Waals surface area contributed by atoms with Crippen LogP contribution in [0.5, 0.6) is 0 Å². The first-order valence-corrected chi connectivity index (χ1v) is 5.04. The van der Waals surface area contributed by atoms with Crippen LogP contribution in [0.2, 0.25) is 0 Å². The Labute approximate surface area is 94.2 Å². The fraction of sp³-hybridized carbons (Fsp3) is 0. The molecule has 0 unspecified atom stereocenters. The summed E-state index contributed by atoms with van der Waals surface area (Å²) in [4.78, 5) is 25.8. The van der Waals surface area contributed by atoms with Crippen molar-refractivity contribution in [3.8, 4) is 0 Å². The number of H-pyrrole nitrogens is 1. The van der Waals surface area contributed by atoms with Crippen molar-refractivity contribution in [2.45, 2.75) is 0 Å². The monoisotopic (exact) mass is 228 g/mol. The highest BCUT2D eigenvalue weighted by molar-refractivity contribution is 5.73. The third kappa shape index (κ3) is 1.25. The van der Waals surface area contributed by atoms with Gasteiger partial charge >= 0.3 is 0 Å². The van der Waals surface area contributed by atoms with Gasteiger partial charge in [0.1, 0.15) is 16.2 Å². The molecule has 0 saturated heterocycles. The van der Waals surface area contributed by atoms with Crippen LogP contribution in [-0.2, 0) is 0 Å². The van der Waals surface area contributed by atoms with Crippen LogP contribution in [0.4, 0.5) is 0 Å². The standard InChI is InChI=1S/C12H8N2O3/c15-10-6-5-9-11(12(10)16)13-7-3-1-2-4-8(7)14(9)17/h1-6,13,17H. The van der Waals surface area contributed by atoms with Gasteiger partial charge in [-0.1, -0.05) is 12.1 Å². The van der Waals surface area contributed by atoms with Crippen LogP contribution in [0.15, 0.2) is 46.0 Å². The van der Waals surface area contributed by atoms with Crippen molar-refractivity contribution in [2.75, 3.05) is 0 Å². The Morgan fingerprint density at radius 2 is 1.82 bits per heavy atom. The highest BCUT2D eigenvalue weighted by atomic mass is 16.5. The molecule has 1 heterocycles. The zero-order chi connectivity index (χ0) is 12.0. The van der Waals surface area contributed by atoms with Gasteiger partial charge in [0.05, 0.1) is 5.52 Å². The maximum Gasteiger partial charge on any atom is 0.251 e. The number of aromatic amines is 1. The summed E-state index contributed by atoms with van der Waals surface area (Å²) in [6.07, 6.45) is 0. The van der Waals surface area contributed by atoms with E-state index in [1.807, 2.05) is 0 Å². The number of nitrogens with one attached hydrogen (secondary N) is 1. The third-order valence-corrected chi connectivity index (χ3v) is 2.72. The van der Waals surface area contributed by atoms with Crippen LogP contribution in [0.3, 0.4) is 0 Å². The largest absolute Gasteiger partial charge is 0.428 e. The van der Waals surface area contributed by atoms with Gasteiger partial charge in [-0.3, -0.25) is 9.59 Å². The molecule has 2 N–H and O–H groups in total. The molecular formula is C12H8N2O3. The fourth-order valence-corrected chi connectivity index (χ4v) is 1.88. The molecule has 84 valence electrons. The van der Waals surface area contributed by atoms with Gasteiger partial charge in [0.25, 0.3) is 5.43 Å². The maximum absolute atomic E-state index is 11.7. The molecule has 5 nitrogen and oxygen atoms in total. The molecule has 0 atom stereocenters. The number of hydrogen-bond donors (Lipinski definition) is 2. The Kier molecular flexibility index (Phi) is 1.82. The first kappa shape index (κ1) is 9.65. The van der Waals surface area contributed by atoms with Crippen LogP contribution in [0, 0.1) is 10.7 Å². The average Bonchev–Trinajstić information content (AvgIpc) is 2.35. The molecule has 0 saturated carbocycles. The van der Waals surface area contributed by atoms with Crippen LogP contribution < -0.4 is 10.9 Å². The molecular weight excluding hydrogens is 220 g/mol. The second-order valence-corrected chi connectivity index (χ2v) is 3.74. The van der Waals surface area contributed by atoms with E-state index < -0.39 is 10.9 Å². The Morgan fingerprint density at radius 1 is 1.06 bits per heavy atom. The molecule has 0 radical (unpaired) electrons. The van der Waals surface area contributed by atoms with Gasteiger partial charge in [-0.05, 0) is 24.3 Å². The zero-order valence-electron chi connectivity index (χ0n) is 8.68. The lowest BCUT2D eigenvalue weighted by atomic mass is 10.2. The average molecular weight is 228 g/mol. The molecule has 0 spiro atoms. The molecule has 0 amide bonds. The SMILES string of the molecule is O=c1ccc2n(O)c3ccccc3[nH]c=2c1=O. The molecule has 0 aromatic heterocycles. The van der Waals surface area contributed by atoms with Crippen LogP contribution in [-0.4, -0.2) is 14.9 Å². The number of hydrogen-bond acceptors (Lipinski definition) is 3. The minimum atomic E-state index is -0.643.